The van der Waals surface area contributed by atoms with Gasteiger partial charge in [0.1, 0.15) is 0 Å². The predicted molar refractivity (Wildman–Crippen MR) is 126 cm³/mol. The fourth-order valence-electron chi connectivity index (χ4n) is 5.87. The first-order valence-corrected chi connectivity index (χ1v) is 13.2. The summed E-state index contributed by atoms with van der Waals surface area (Å²) >= 11 is 0. The Labute approximate surface area is 189 Å². The highest BCUT2D eigenvalue weighted by Crippen LogP contribution is 2.44. The van der Waals surface area contributed by atoms with Crippen molar-refractivity contribution in [2.75, 3.05) is 6.61 Å². The van der Waals surface area contributed by atoms with Crippen molar-refractivity contribution in [3.05, 3.63) is 29.3 Å². The van der Waals surface area contributed by atoms with Crippen LogP contribution in [0.1, 0.15) is 122 Å². The van der Waals surface area contributed by atoms with Gasteiger partial charge in [-0.3, -0.25) is 0 Å². The van der Waals surface area contributed by atoms with E-state index in [9.17, 15) is 8.78 Å². The Morgan fingerprint density at radius 3 is 1.97 bits per heavy atom. The second-order valence-corrected chi connectivity index (χ2v) is 10.4. The molecule has 0 amide bonds. The van der Waals surface area contributed by atoms with Crippen LogP contribution in [0.4, 0.5) is 8.78 Å². The lowest BCUT2D eigenvalue weighted by Crippen LogP contribution is -2.25. The van der Waals surface area contributed by atoms with Gasteiger partial charge in [0.25, 0.3) is 0 Å². The summed E-state index contributed by atoms with van der Waals surface area (Å²) < 4.78 is 35.0. The summed E-state index contributed by atoms with van der Waals surface area (Å²) in [5, 5.41) is 0. The van der Waals surface area contributed by atoms with Crippen molar-refractivity contribution in [1.29, 1.82) is 0 Å². The first kappa shape index (κ1) is 24.5. The third-order valence-electron chi connectivity index (χ3n) is 8.02. The summed E-state index contributed by atoms with van der Waals surface area (Å²) in [5.41, 5.74) is 0.566. The summed E-state index contributed by atoms with van der Waals surface area (Å²) in [7, 11) is 0. The van der Waals surface area contributed by atoms with Crippen molar-refractivity contribution in [3.63, 3.8) is 0 Å². The Bertz CT molecular complexity index is 643. The molecular formula is C28H44F2O. The molecule has 0 atom stereocenters. The molecule has 0 spiro atoms. The van der Waals surface area contributed by atoms with Crippen molar-refractivity contribution in [2.24, 2.45) is 17.8 Å². The Morgan fingerprint density at radius 1 is 0.742 bits per heavy atom. The van der Waals surface area contributed by atoms with E-state index in [-0.39, 0.29) is 11.7 Å². The molecule has 2 fully saturated rings. The van der Waals surface area contributed by atoms with Crippen LogP contribution in [0.5, 0.6) is 5.75 Å². The predicted octanol–water partition coefficient (Wildman–Crippen LogP) is 9.19. The zero-order valence-electron chi connectivity index (χ0n) is 19.9. The third-order valence-corrected chi connectivity index (χ3v) is 8.02. The fraction of sp³-hybridized carbons (Fsp3) is 0.786. The van der Waals surface area contributed by atoms with Crippen molar-refractivity contribution in [1.82, 2.24) is 0 Å². The molecule has 0 N–H and O–H groups in total. The zero-order valence-corrected chi connectivity index (χ0v) is 19.9. The zero-order chi connectivity index (χ0) is 22.1. The Balaban J connectivity index is 1.43. The van der Waals surface area contributed by atoms with Gasteiger partial charge in [-0.1, -0.05) is 71.3 Å². The van der Waals surface area contributed by atoms with Gasteiger partial charge >= 0.3 is 0 Å². The molecule has 2 aliphatic carbocycles. The number of benzene rings is 1. The SMILES string of the molecule is CCCCCCCCCOc1ccc(C2CCC(C3CCC(C)CC3)CC2)c(F)c1F. The molecule has 0 bridgehead atoms. The van der Waals surface area contributed by atoms with Crippen LogP contribution in [0.2, 0.25) is 0 Å². The lowest BCUT2D eigenvalue weighted by atomic mass is 9.68. The normalized spacial score (nSPS) is 26.7. The number of unbranched alkanes of at least 4 members (excludes halogenated alkanes) is 6. The van der Waals surface area contributed by atoms with Crippen LogP contribution in [0, 0.1) is 29.4 Å². The van der Waals surface area contributed by atoms with E-state index in [1.165, 1.54) is 70.6 Å². The maximum Gasteiger partial charge on any atom is 0.200 e. The maximum absolute atomic E-state index is 14.8. The van der Waals surface area contributed by atoms with Gasteiger partial charge in [0.05, 0.1) is 6.61 Å². The summed E-state index contributed by atoms with van der Waals surface area (Å²) in [6.45, 7) is 5.05. The summed E-state index contributed by atoms with van der Waals surface area (Å²) in [6, 6.07) is 3.44. The lowest BCUT2D eigenvalue weighted by molar-refractivity contribution is 0.164. The highest BCUT2D eigenvalue weighted by molar-refractivity contribution is 5.33. The third kappa shape index (κ3) is 7.19. The Hall–Kier alpha value is -1.12. The minimum atomic E-state index is -0.788. The van der Waals surface area contributed by atoms with Gasteiger partial charge in [0.2, 0.25) is 5.82 Å². The number of halogens is 2. The van der Waals surface area contributed by atoms with E-state index in [0.717, 1.165) is 43.4 Å². The van der Waals surface area contributed by atoms with Gasteiger partial charge in [-0.15, -0.1) is 0 Å². The van der Waals surface area contributed by atoms with Crippen molar-refractivity contribution in [3.8, 4) is 5.75 Å². The molecule has 0 aromatic heterocycles. The van der Waals surface area contributed by atoms with Crippen LogP contribution in [-0.2, 0) is 0 Å². The van der Waals surface area contributed by atoms with E-state index in [0.29, 0.717) is 12.2 Å². The molecule has 2 aliphatic rings. The molecule has 2 saturated carbocycles. The van der Waals surface area contributed by atoms with Gasteiger partial charge in [-0.25, -0.2) is 4.39 Å². The van der Waals surface area contributed by atoms with Gasteiger partial charge in [0.15, 0.2) is 11.6 Å². The van der Waals surface area contributed by atoms with Gasteiger partial charge in [-0.2, -0.15) is 4.39 Å². The smallest absolute Gasteiger partial charge is 0.200 e. The molecule has 0 saturated heterocycles. The Morgan fingerprint density at radius 2 is 1.32 bits per heavy atom. The van der Waals surface area contributed by atoms with E-state index < -0.39 is 11.6 Å². The molecule has 1 aromatic carbocycles. The molecule has 0 radical (unpaired) electrons. The first-order valence-electron chi connectivity index (χ1n) is 13.2. The molecule has 1 aromatic rings. The molecule has 176 valence electrons. The van der Waals surface area contributed by atoms with Crippen LogP contribution >= 0.6 is 0 Å². The van der Waals surface area contributed by atoms with E-state index >= 15 is 0 Å². The molecule has 3 rings (SSSR count). The van der Waals surface area contributed by atoms with Crippen LogP contribution in [0.15, 0.2) is 12.1 Å². The number of rotatable bonds is 11. The summed E-state index contributed by atoms with van der Waals surface area (Å²) in [6.07, 6.45) is 18.1. The monoisotopic (exact) mass is 434 g/mol. The number of hydrogen-bond donors (Lipinski definition) is 0. The maximum atomic E-state index is 14.8. The molecule has 3 heteroatoms. The molecule has 0 heterocycles. The second kappa shape index (κ2) is 12.8. The average Bonchev–Trinajstić information content (AvgIpc) is 2.79. The van der Waals surface area contributed by atoms with Crippen LogP contribution in [-0.4, -0.2) is 6.61 Å². The Kier molecular flexibility index (Phi) is 10.1. The van der Waals surface area contributed by atoms with E-state index in [1.54, 1.807) is 12.1 Å². The minimum absolute atomic E-state index is 0.0808. The van der Waals surface area contributed by atoms with Crippen LogP contribution < -0.4 is 4.74 Å². The first-order chi connectivity index (χ1) is 15.1. The molecule has 0 unspecified atom stereocenters. The number of hydrogen-bond acceptors (Lipinski definition) is 1. The van der Waals surface area contributed by atoms with E-state index in [2.05, 4.69) is 13.8 Å². The standard InChI is InChI=1S/C28H44F2O/c1-3-4-5-6-7-8-9-20-31-26-19-18-25(27(29)28(26)30)24-16-14-23(15-17-24)22-12-10-21(2)11-13-22/h18-19,21-24H,3-17,20H2,1-2H3. The summed E-state index contributed by atoms with van der Waals surface area (Å²) in [5.74, 6) is 1.32. The summed E-state index contributed by atoms with van der Waals surface area (Å²) in [4.78, 5) is 0. The molecule has 1 nitrogen and oxygen atoms in total. The lowest BCUT2D eigenvalue weighted by Gasteiger charge is -2.37. The van der Waals surface area contributed by atoms with Gasteiger partial charge in [0, 0.05) is 0 Å². The molecule has 31 heavy (non-hydrogen) atoms. The van der Waals surface area contributed by atoms with E-state index in [4.69, 9.17) is 4.74 Å². The minimum Gasteiger partial charge on any atom is -0.490 e. The van der Waals surface area contributed by atoms with Gasteiger partial charge < -0.3 is 4.74 Å². The van der Waals surface area contributed by atoms with Crippen molar-refractivity contribution >= 4 is 0 Å². The highest BCUT2D eigenvalue weighted by atomic mass is 19.2. The topological polar surface area (TPSA) is 9.23 Å². The van der Waals surface area contributed by atoms with E-state index in [1.807, 2.05) is 0 Å². The van der Waals surface area contributed by atoms with Gasteiger partial charge in [-0.05, 0) is 80.2 Å². The highest BCUT2D eigenvalue weighted by Gasteiger charge is 2.32. The fourth-order valence-corrected chi connectivity index (χ4v) is 5.87. The van der Waals surface area contributed by atoms with Crippen LogP contribution in [0.25, 0.3) is 0 Å². The second-order valence-electron chi connectivity index (χ2n) is 10.4. The number of ether oxygens (including phenoxy) is 1. The van der Waals surface area contributed by atoms with Crippen molar-refractivity contribution < 1.29 is 13.5 Å². The van der Waals surface area contributed by atoms with Crippen LogP contribution in [0.3, 0.4) is 0 Å². The quantitative estimate of drug-likeness (QED) is 0.315. The molecule has 0 aliphatic heterocycles. The molecular weight excluding hydrogens is 390 g/mol. The average molecular weight is 435 g/mol. The van der Waals surface area contributed by atoms with Crippen molar-refractivity contribution in [2.45, 2.75) is 116 Å². The largest absolute Gasteiger partial charge is 0.490 e.